The van der Waals surface area contributed by atoms with Crippen molar-refractivity contribution in [3.8, 4) is 44.5 Å². The van der Waals surface area contributed by atoms with Crippen LogP contribution < -0.4 is 0 Å². The van der Waals surface area contributed by atoms with E-state index in [0.717, 1.165) is 0 Å². The van der Waals surface area contributed by atoms with Crippen molar-refractivity contribution >= 4 is 54.3 Å². The van der Waals surface area contributed by atoms with Crippen LogP contribution in [0.2, 0.25) is 0 Å². The lowest BCUT2D eigenvalue weighted by atomic mass is 9.84. The van der Waals surface area contributed by atoms with E-state index in [0.29, 0.717) is 27.1 Å². The summed E-state index contributed by atoms with van der Waals surface area (Å²) in [6, 6.07) is 13.1. The maximum atomic E-state index is 9.98. The number of hydrogen-bond donors (Lipinski definition) is 0. The molecule has 0 aliphatic heterocycles. The first-order chi connectivity index (χ1) is 31.4. The Bertz CT molecular complexity index is 3760. The van der Waals surface area contributed by atoms with E-state index < -0.39 is 84.6 Å². The van der Waals surface area contributed by atoms with Crippen LogP contribution in [0.3, 0.4) is 0 Å². The first kappa shape index (κ1) is 15.6. The van der Waals surface area contributed by atoms with Crippen molar-refractivity contribution in [2.24, 2.45) is 0 Å². The van der Waals surface area contributed by atoms with Crippen LogP contribution in [-0.2, 0) is 0 Å². The molecule has 0 aliphatic carbocycles. The number of fused-ring (bicyclic) bond motifs is 7. The van der Waals surface area contributed by atoms with Crippen LogP contribution in [0.25, 0.3) is 98.8 Å². The molecular formula is C48H30O. The largest absolute Gasteiger partial charge is 0.455 e. The molecule has 0 atom stereocenters. The first-order valence-electron chi connectivity index (χ1n) is 24.0. The van der Waals surface area contributed by atoms with Gasteiger partial charge in [-0.25, -0.2) is 0 Å². The topological polar surface area (TPSA) is 13.1 Å². The van der Waals surface area contributed by atoms with Crippen molar-refractivity contribution in [3.05, 3.63) is 182 Å². The van der Waals surface area contributed by atoms with E-state index in [1.54, 1.807) is 78.9 Å². The van der Waals surface area contributed by atoms with Crippen molar-refractivity contribution < 1.29 is 27.7 Å². The van der Waals surface area contributed by atoms with Gasteiger partial charge in [-0.15, -0.1) is 0 Å². The molecule has 228 valence electrons. The van der Waals surface area contributed by atoms with E-state index >= 15 is 0 Å². The molecule has 0 spiro atoms. The Morgan fingerprint density at radius 2 is 0.980 bits per heavy atom. The van der Waals surface area contributed by atoms with Crippen molar-refractivity contribution in [1.29, 1.82) is 0 Å². The van der Waals surface area contributed by atoms with Gasteiger partial charge >= 0.3 is 0 Å². The predicted molar refractivity (Wildman–Crippen MR) is 208 cm³/mol. The van der Waals surface area contributed by atoms with Crippen LogP contribution in [0.4, 0.5) is 0 Å². The third-order valence-electron chi connectivity index (χ3n) is 8.74. The molecule has 1 aromatic heterocycles. The number of furan rings is 1. The highest BCUT2D eigenvalue weighted by Crippen LogP contribution is 2.46. The van der Waals surface area contributed by atoms with Crippen molar-refractivity contribution in [2.75, 3.05) is 0 Å². The molecule has 0 saturated carbocycles. The lowest BCUT2D eigenvalue weighted by Crippen LogP contribution is -1.92. The van der Waals surface area contributed by atoms with E-state index in [2.05, 4.69) is 0 Å². The van der Waals surface area contributed by atoms with E-state index in [9.17, 15) is 8.22 Å². The van der Waals surface area contributed by atoms with Gasteiger partial charge in [0, 0.05) is 16.2 Å². The highest BCUT2D eigenvalue weighted by Gasteiger charge is 2.19. The monoisotopic (exact) mass is 639 g/mol. The van der Waals surface area contributed by atoms with Crippen molar-refractivity contribution in [2.45, 2.75) is 0 Å². The second kappa shape index (κ2) is 11.1. The number of rotatable bonds is 4. The number of hydrogen-bond acceptors (Lipinski definition) is 1. The third-order valence-corrected chi connectivity index (χ3v) is 8.74. The van der Waals surface area contributed by atoms with Gasteiger partial charge in [0.05, 0.1) is 23.3 Å². The fourth-order valence-electron chi connectivity index (χ4n) is 6.62. The first-order valence-corrected chi connectivity index (χ1v) is 15.5. The summed E-state index contributed by atoms with van der Waals surface area (Å²) in [5, 5.41) is 0.801. The average Bonchev–Trinajstić information content (AvgIpc) is 3.73. The lowest BCUT2D eigenvalue weighted by molar-refractivity contribution is 0.672. The fourth-order valence-corrected chi connectivity index (χ4v) is 6.62. The minimum Gasteiger partial charge on any atom is -0.455 e. The maximum Gasteiger partial charge on any atom is 0.143 e. The van der Waals surface area contributed by atoms with Crippen molar-refractivity contribution in [1.82, 2.24) is 0 Å². The molecule has 0 fully saturated rings. The Morgan fingerprint density at radius 3 is 1.69 bits per heavy atom. The molecule has 0 radical (unpaired) electrons. The Kier molecular flexibility index (Phi) is 3.54. The highest BCUT2D eigenvalue weighted by molar-refractivity contribution is 6.23. The van der Waals surface area contributed by atoms with Gasteiger partial charge in [0.2, 0.25) is 0 Å². The molecule has 0 unspecified atom stereocenters. The molecule has 10 rings (SSSR count). The average molecular weight is 640 g/mol. The highest BCUT2D eigenvalue weighted by atomic mass is 16.3. The zero-order valence-corrected chi connectivity index (χ0v) is 25.4. The van der Waals surface area contributed by atoms with Crippen LogP contribution in [-0.4, -0.2) is 0 Å². The van der Waals surface area contributed by atoms with Crippen molar-refractivity contribution in [3.63, 3.8) is 0 Å². The van der Waals surface area contributed by atoms with Gasteiger partial charge in [0.1, 0.15) is 11.2 Å². The molecule has 10 aromatic rings. The summed E-state index contributed by atoms with van der Waals surface area (Å²) in [4.78, 5) is 0. The molecule has 9 aromatic carbocycles. The Balaban J connectivity index is 1.37. The molecule has 0 N–H and O–H groups in total. The summed E-state index contributed by atoms with van der Waals surface area (Å²) in [6.45, 7) is 0. The molecule has 49 heavy (non-hydrogen) atoms. The quantitative estimate of drug-likeness (QED) is 0.175. The SMILES string of the molecule is [2H]c1c([2H])c([2H])c(-c2c([2H])c(-c3c4ccccc4c(-c4c([2H])c([2H])c5oc6c7c([2H])c([2H])c([2H])c([2H])c7c([2H])c([2H])c6c5c4[2H])c4ccccc34)c([2H])c([2H])c2-c2ccccc2)c([2H])c1[2H]. The minimum atomic E-state index is -0.643. The van der Waals surface area contributed by atoms with E-state index in [4.69, 9.17) is 19.5 Å². The van der Waals surface area contributed by atoms with Gasteiger partial charge in [0.15, 0.2) is 0 Å². The summed E-state index contributed by atoms with van der Waals surface area (Å²) in [7, 11) is 0. The molecule has 1 heterocycles. The summed E-state index contributed by atoms with van der Waals surface area (Å²) >= 11 is 0. The lowest BCUT2D eigenvalue weighted by Gasteiger charge is -2.19. The van der Waals surface area contributed by atoms with Crippen LogP contribution in [0.5, 0.6) is 0 Å². The van der Waals surface area contributed by atoms with Gasteiger partial charge in [-0.3, -0.25) is 0 Å². The number of benzene rings is 9. The molecule has 0 bridgehead atoms. The maximum absolute atomic E-state index is 9.98. The van der Waals surface area contributed by atoms with E-state index in [-0.39, 0.29) is 89.8 Å². The smallest absolute Gasteiger partial charge is 0.143 e. The molecule has 0 aliphatic rings. The zero-order valence-electron chi connectivity index (χ0n) is 42.4. The van der Waals surface area contributed by atoms with Crippen LogP contribution in [0.15, 0.2) is 186 Å². The standard InChI is InChI=1S/C48H30O/c1-3-13-31(14-4-1)36-26-24-34(29-43(36)32-15-5-2-6-16-32)46-38-19-9-11-21-40(38)47(41-22-12-10-20-39(41)46)35-25-28-45-44(30-35)42-27-23-33-17-7-8-18-37(33)48(42)49-45/h1-30H/i2D,5D,6D,7D,8D,15D,16D,17D,18D,23D,24D,25D,26D,27D,28D,29D,30D. The molecule has 0 saturated heterocycles. The zero-order chi connectivity index (χ0) is 47.1. The van der Waals surface area contributed by atoms with E-state index in [1.165, 1.54) is 0 Å². The van der Waals surface area contributed by atoms with Gasteiger partial charge in [0.25, 0.3) is 0 Å². The molecule has 1 nitrogen and oxygen atoms in total. The third kappa shape index (κ3) is 4.40. The van der Waals surface area contributed by atoms with Gasteiger partial charge in [-0.2, -0.15) is 0 Å². The Labute approximate surface area is 308 Å². The Hall–Kier alpha value is -6.44. The molecule has 0 amide bonds. The molecule has 1 heteroatoms. The van der Waals surface area contributed by atoms with Crippen LogP contribution >= 0.6 is 0 Å². The Morgan fingerprint density at radius 1 is 0.367 bits per heavy atom. The summed E-state index contributed by atoms with van der Waals surface area (Å²) in [5.74, 6) is 0. The fraction of sp³-hybridized carbons (Fsp3) is 0. The normalized spacial score (nSPS) is 16.5. The second-order valence-corrected chi connectivity index (χ2v) is 11.5. The summed E-state index contributed by atoms with van der Waals surface area (Å²) < 4.78 is 159. The molecular weight excluding hydrogens is 593 g/mol. The predicted octanol–water partition coefficient (Wildman–Crippen LogP) is 13.7. The van der Waals surface area contributed by atoms with Gasteiger partial charge in [-0.05, 0) is 95.6 Å². The van der Waals surface area contributed by atoms with Crippen LogP contribution in [0.1, 0.15) is 23.3 Å². The minimum absolute atomic E-state index is 0.0207. The second-order valence-electron chi connectivity index (χ2n) is 11.5. The van der Waals surface area contributed by atoms with E-state index in [1.807, 2.05) is 0 Å². The summed E-state index contributed by atoms with van der Waals surface area (Å²) in [6.07, 6.45) is 0. The van der Waals surface area contributed by atoms with Gasteiger partial charge in [-0.1, -0.05) is 157 Å². The summed E-state index contributed by atoms with van der Waals surface area (Å²) in [5.41, 5.74) is -0.211. The van der Waals surface area contributed by atoms with Gasteiger partial charge < -0.3 is 4.42 Å². The van der Waals surface area contributed by atoms with Crippen LogP contribution in [0, 0.1) is 0 Å².